The first-order valence-electron chi connectivity index (χ1n) is 7.11. The molecule has 2 aliphatic rings. The maximum absolute atomic E-state index is 12.4. The molecule has 0 aromatic heterocycles. The Balaban J connectivity index is 2.03. The molecule has 1 N–H and O–H groups in total. The van der Waals surface area contributed by atoms with Crippen LogP contribution in [0.5, 0.6) is 0 Å². The van der Waals surface area contributed by atoms with Crippen LogP contribution in [0.3, 0.4) is 0 Å². The molecule has 0 bridgehead atoms. The Labute approximate surface area is 121 Å². The van der Waals surface area contributed by atoms with E-state index in [4.69, 9.17) is 0 Å². The molecule has 2 amide bonds. The van der Waals surface area contributed by atoms with Crippen molar-refractivity contribution in [2.45, 2.75) is 26.2 Å². The third-order valence-electron chi connectivity index (χ3n) is 4.43. The van der Waals surface area contributed by atoms with Gasteiger partial charge >= 0.3 is 12.0 Å². The molecule has 0 spiro atoms. The maximum atomic E-state index is 12.4. The molecular formula is C13H22N2O4S. The number of amides is 2. The number of piperidine rings is 1. The van der Waals surface area contributed by atoms with Gasteiger partial charge in [-0.05, 0) is 19.3 Å². The van der Waals surface area contributed by atoms with E-state index in [1.165, 1.54) is 0 Å². The molecule has 2 heterocycles. The molecule has 1 unspecified atom stereocenters. The van der Waals surface area contributed by atoms with Gasteiger partial charge in [-0.25, -0.2) is 4.79 Å². The van der Waals surface area contributed by atoms with E-state index in [2.05, 4.69) is 0 Å². The van der Waals surface area contributed by atoms with Crippen LogP contribution >= 0.6 is 0 Å². The van der Waals surface area contributed by atoms with Crippen molar-refractivity contribution in [2.24, 2.45) is 5.41 Å². The first-order chi connectivity index (χ1) is 9.48. The molecule has 20 heavy (non-hydrogen) atoms. The quantitative estimate of drug-likeness (QED) is 0.816. The minimum Gasteiger partial charge on any atom is -0.481 e. The molecule has 0 saturated carbocycles. The van der Waals surface area contributed by atoms with E-state index in [0.717, 1.165) is 6.42 Å². The number of urea groups is 1. The fraction of sp³-hybridized carbons (Fsp3) is 0.846. The molecular weight excluding hydrogens is 280 g/mol. The SMILES string of the molecule is CCC1(C(=O)O)CCCN(C(=O)N2CCS(=O)CC2)C1. The molecule has 2 aliphatic heterocycles. The van der Waals surface area contributed by atoms with Gasteiger partial charge in [0.1, 0.15) is 0 Å². The van der Waals surface area contributed by atoms with Gasteiger partial charge in [0.2, 0.25) is 0 Å². The van der Waals surface area contributed by atoms with Gasteiger partial charge in [-0.3, -0.25) is 9.00 Å². The molecule has 0 aromatic rings. The Morgan fingerprint density at radius 2 is 1.85 bits per heavy atom. The van der Waals surface area contributed by atoms with Gasteiger partial charge in [-0.2, -0.15) is 0 Å². The van der Waals surface area contributed by atoms with Crippen molar-refractivity contribution in [1.29, 1.82) is 0 Å². The summed E-state index contributed by atoms with van der Waals surface area (Å²) in [4.78, 5) is 27.3. The lowest BCUT2D eigenvalue weighted by Crippen LogP contribution is -2.55. The number of hydrogen-bond donors (Lipinski definition) is 1. The van der Waals surface area contributed by atoms with Crippen molar-refractivity contribution in [2.75, 3.05) is 37.7 Å². The Hall–Kier alpha value is -1.11. The molecule has 2 saturated heterocycles. The average molecular weight is 302 g/mol. The average Bonchev–Trinajstić information content (AvgIpc) is 2.47. The van der Waals surface area contributed by atoms with Crippen LogP contribution in [-0.2, 0) is 15.6 Å². The highest BCUT2D eigenvalue weighted by atomic mass is 32.2. The second kappa shape index (κ2) is 6.11. The summed E-state index contributed by atoms with van der Waals surface area (Å²) in [6.07, 6.45) is 1.90. The lowest BCUT2D eigenvalue weighted by atomic mass is 9.78. The summed E-state index contributed by atoms with van der Waals surface area (Å²) in [5.74, 6) is 0.242. The zero-order valence-electron chi connectivity index (χ0n) is 11.8. The van der Waals surface area contributed by atoms with Crippen molar-refractivity contribution >= 4 is 22.8 Å². The smallest absolute Gasteiger partial charge is 0.320 e. The highest BCUT2D eigenvalue weighted by molar-refractivity contribution is 7.85. The van der Waals surface area contributed by atoms with Gasteiger partial charge in [0, 0.05) is 48.5 Å². The molecule has 6 nitrogen and oxygen atoms in total. The van der Waals surface area contributed by atoms with Gasteiger partial charge in [-0.15, -0.1) is 0 Å². The third kappa shape index (κ3) is 2.97. The number of aliphatic carboxylic acids is 1. The van der Waals surface area contributed by atoms with Crippen LogP contribution in [-0.4, -0.2) is 68.8 Å². The summed E-state index contributed by atoms with van der Waals surface area (Å²) >= 11 is 0. The fourth-order valence-corrected chi connectivity index (χ4v) is 3.99. The number of carbonyl (C=O) groups is 2. The summed E-state index contributed by atoms with van der Waals surface area (Å²) in [5.41, 5.74) is -0.799. The Bertz CT molecular complexity index is 419. The summed E-state index contributed by atoms with van der Waals surface area (Å²) in [7, 11) is -0.813. The number of carbonyl (C=O) groups excluding carboxylic acids is 1. The van der Waals surface area contributed by atoms with Crippen LogP contribution in [0.25, 0.3) is 0 Å². The monoisotopic (exact) mass is 302 g/mol. The normalized spacial score (nSPS) is 28.4. The third-order valence-corrected chi connectivity index (χ3v) is 5.70. The van der Waals surface area contributed by atoms with Crippen LogP contribution in [0.1, 0.15) is 26.2 Å². The topological polar surface area (TPSA) is 77.9 Å². The van der Waals surface area contributed by atoms with Gasteiger partial charge in [0.05, 0.1) is 5.41 Å². The molecule has 2 fully saturated rings. The lowest BCUT2D eigenvalue weighted by Gasteiger charge is -2.41. The molecule has 0 aliphatic carbocycles. The number of hydrogen-bond acceptors (Lipinski definition) is 3. The molecule has 2 rings (SSSR count). The van der Waals surface area contributed by atoms with Gasteiger partial charge < -0.3 is 14.9 Å². The van der Waals surface area contributed by atoms with E-state index in [0.29, 0.717) is 44.0 Å². The van der Waals surface area contributed by atoms with E-state index in [1.54, 1.807) is 9.80 Å². The van der Waals surface area contributed by atoms with Crippen LogP contribution in [0.2, 0.25) is 0 Å². The van der Waals surface area contributed by atoms with Crippen molar-refractivity contribution in [3.05, 3.63) is 0 Å². The highest BCUT2D eigenvalue weighted by Crippen LogP contribution is 2.34. The zero-order chi connectivity index (χ0) is 14.8. The number of likely N-dealkylation sites (tertiary alicyclic amines) is 1. The van der Waals surface area contributed by atoms with E-state index in [-0.39, 0.29) is 12.6 Å². The summed E-state index contributed by atoms with van der Waals surface area (Å²) in [6, 6.07) is -0.0968. The minimum absolute atomic E-state index is 0.0968. The predicted molar refractivity (Wildman–Crippen MR) is 76.0 cm³/mol. The van der Waals surface area contributed by atoms with Crippen molar-refractivity contribution in [1.82, 2.24) is 9.80 Å². The van der Waals surface area contributed by atoms with Gasteiger partial charge in [0.25, 0.3) is 0 Å². The van der Waals surface area contributed by atoms with Crippen molar-refractivity contribution in [3.8, 4) is 0 Å². The fourth-order valence-electron chi connectivity index (χ4n) is 2.94. The zero-order valence-corrected chi connectivity index (χ0v) is 12.7. The van der Waals surface area contributed by atoms with Crippen molar-refractivity contribution < 1.29 is 18.9 Å². The minimum atomic E-state index is -0.813. The lowest BCUT2D eigenvalue weighted by molar-refractivity contribution is -0.152. The number of nitrogens with zero attached hydrogens (tertiary/aromatic N) is 2. The maximum Gasteiger partial charge on any atom is 0.320 e. The molecule has 7 heteroatoms. The second-order valence-electron chi connectivity index (χ2n) is 5.58. The Kier molecular flexibility index (Phi) is 4.67. The highest BCUT2D eigenvalue weighted by Gasteiger charge is 2.43. The Morgan fingerprint density at radius 3 is 2.40 bits per heavy atom. The van der Waals surface area contributed by atoms with E-state index in [9.17, 15) is 18.9 Å². The van der Waals surface area contributed by atoms with Gasteiger partial charge in [-0.1, -0.05) is 6.92 Å². The molecule has 0 aromatic carbocycles. The first kappa shape index (κ1) is 15.3. The van der Waals surface area contributed by atoms with Crippen LogP contribution in [0.4, 0.5) is 4.79 Å². The Morgan fingerprint density at radius 1 is 1.20 bits per heavy atom. The largest absolute Gasteiger partial charge is 0.481 e. The second-order valence-corrected chi connectivity index (χ2v) is 7.28. The van der Waals surface area contributed by atoms with Crippen LogP contribution in [0.15, 0.2) is 0 Å². The van der Waals surface area contributed by atoms with Crippen LogP contribution < -0.4 is 0 Å². The standard InChI is InChI=1S/C13H22N2O4S/c1-2-13(11(16)17)4-3-5-15(10-13)12(18)14-6-8-20(19)9-7-14/h2-10H2,1H3,(H,16,17). The number of carboxylic acids is 1. The molecule has 0 radical (unpaired) electrons. The van der Waals surface area contributed by atoms with E-state index in [1.807, 2.05) is 6.92 Å². The van der Waals surface area contributed by atoms with E-state index >= 15 is 0 Å². The number of rotatable bonds is 2. The van der Waals surface area contributed by atoms with Gasteiger partial charge in [0.15, 0.2) is 0 Å². The number of carboxylic acid groups (broad SMARTS) is 1. The van der Waals surface area contributed by atoms with Crippen LogP contribution in [0, 0.1) is 5.41 Å². The molecule has 114 valence electrons. The van der Waals surface area contributed by atoms with E-state index < -0.39 is 22.2 Å². The van der Waals surface area contributed by atoms with Crippen molar-refractivity contribution in [3.63, 3.8) is 0 Å². The summed E-state index contributed by atoms with van der Waals surface area (Å²) in [5, 5.41) is 9.44. The first-order valence-corrected chi connectivity index (χ1v) is 8.59. The summed E-state index contributed by atoms with van der Waals surface area (Å²) in [6.45, 7) is 3.79. The summed E-state index contributed by atoms with van der Waals surface area (Å²) < 4.78 is 11.3. The predicted octanol–water partition coefficient (Wildman–Crippen LogP) is 0.748. The molecule has 1 atom stereocenters.